The second-order valence-corrected chi connectivity index (χ2v) is 2.61. The number of esters is 1. The van der Waals surface area contributed by atoms with Crippen molar-refractivity contribution in [1.82, 2.24) is 4.98 Å². The van der Waals surface area contributed by atoms with Gasteiger partial charge < -0.3 is 9.72 Å². The maximum Gasteiger partial charge on any atom is 0.314 e. The van der Waals surface area contributed by atoms with Crippen molar-refractivity contribution in [1.29, 1.82) is 0 Å². The second kappa shape index (κ2) is 3.95. The Labute approximate surface area is 71.7 Å². The molecule has 0 fully saturated rings. The maximum atomic E-state index is 11.2. The van der Waals surface area contributed by atoms with Crippen LogP contribution in [0.2, 0.25) is 0 Å². The predicted molar refractivity (Wildman–Crippen MR) is 45.8 cm³/mol. The minimum absolute atomic E-state index is 0.148. The van der Waals surface area contributed by atoms with E-state index in [-0.39, 0.29) is 11.9 Å². The van der Waals surface area contributed by atoms with Gasteiger partial charge in [-0.3, -0.25) is 4.79 Å². The lowest BCUT2D eigenvalue weighted by Gasteiger charge is -2.09. The minimum Gasteiger partial charge on any atom is -0.469 e. The van der Waals surface area contributed by atoms with E-state index in [4.69, 9.17) is 0 Å². The highest BCUT2D eigenvalue weighted by Gasteiger charge is 2.19. The van der Waals surface area contributed by atoms with Crippen molar-refractivity contribution >= 4 is 5.97 Å². The Hall–Kier alpha value is -1.25. The van der Waals surface area contributed by atoms with Crippen molar-refractivity contribution in [3.8, 4) is 0 Å². The predicted octanol–water partition coefficient (Wildman–Crippen LogP) is 1.68. The number of carbonyl (C=O) groups excluding carboxylic acids is 1. The summed E-state index contributed by atoms with van der Waals surface area (Å²) in [5.41, 5.74) is 0.921. The van der Waals surface area contributed by atoms with E-state index in [2.05, 4.69) is 9.72 Å². The molecular weight excluding hydrogens is 154 g/mol. The Morgan fingerprint density at radius 2 is 2.50 bits per heavy atom. The van der Waals surface area contributed by atoms with Crippen molar-refractivity contribution in [3.05, 3.63) is 24.0 Å². The summed E-state index contributed by atoms with van der Waals surface area (Å²) in [6.45, 7) is 1.96. The van der Waals surface area contributed by atoms with Crippen LogP contribution in [-0.4, -0.2) is 18.1 Å². The normalized spacial score (nSPS) is 12.5. The first-order chi connectivity index (χ1) is 5.79. The SMILES string of the molecule is CCC(C(=O)OC)c1ccc[nH]1. The maximum absolute atomic E-state index is 11.2. The van der Waals surface area contributed by atoms with Gasteiger partial charge in [0, 0.05) is 11.9 Å². The van der Waals surface area contributed by atoms with E-state index in [1.165, 1.54) is 7.11 Å². The molecule has 0 radical (unpaired) electrons. The number of hydrogen-bond acceptors (Lipinski definition) is 2. The van der Waals surface area contributed by atoms with E-state index in [0.717, 1.165) is 12.1 Å². The summed E-state index contributed by atoms with van der Waals surface area (Å²) in [5.74, 6) is -0.329. The molecule has 0 aromatic carbocycles. The summed E-state index contributed by atoms with van der Waals surface area (Å²) in [6, 6.07) is 3.77. The molecule has 0 amide bonds. The average molecular weight is 167 g/mol. The van der Waals surface area contributed by atoms with Gasteiger partial charge in [0.15, 0.2) is 0 Å². The molecule has 1 heterocycles. The van der Waals surface area contributed by atoms with Crippen LogP contribution in [0.3, 0.4) is 0 Å². The van der Waals surface area contributed by atoms with Gasteiger partial charge >= 0.3 is 5.97 Å². The van der Waals surface area contributed by atoms with Crippen LogP contribution in [0.15, 0.2) is 18.3 Å². The van der Waals surface area contributed by atoms with E-state index in [1.807, 2.05) is 19.1 Å². The number of hydrogen-bond donors (Lipinski definition) is 1. The fourth-order valence-corrected chi connectivity index (χ4v) is 1.22. The Morgan fingerprint density at radius 1 is 1.75 bits per heavy atom. The van der Waals surface area contributed by atoms with Gasteiger partial charge in [0.25, 0.3) is 0 Å². The molecule has 1 unspecified atom stereocenters. The molecule has 0 saturated carbocycles. The highest BCUT2D eigenvalue weighted by atomic mass is 16.5. The fraction of sp³-hybridized carbons (Fsp3) is 0.444. The van der Waals surface area contributed by atoms with Crippen LogP contribution in [0.25, 0.3) is 0 Å². The number of methoxy groups -OCH3 is 1. The van der Waals surface area contributed by atoms with Gasteiger partial charge in [-0.25, -0.2) is 0 Å². The third-order valence-corrected chi connectivity index (χ3v) is 1.89. The lowest BCUT2D eigenvalue weighted by molar-refractivity contribution is -0.142. The molecule has 0 aliphatic carbocycles. The largest absolute Gasteiger partial charge is 0.469 e. The van der Waals surface area contributed by atoms with Crippen LogP contribution in [0.4, 0.5) is 0 Å². The van der Waals surface area contributed by atoms with E-state index in [9.17, 15) is 4.79 Å². The molecule has 0 aliphatic rings. The molecule has 0 spiro atoms. The number of aromatic nitrogens is 1. The van der Waals surface area contributed by atoms with Crippen LogP contribution in [0.5, 0.6) is 0 Å². The molecule has 1 aromatic rings. The minimum atomic E-state index is -0.181. The first-order valence-corrected chi connectivity index (χ1v) is 4.00. The zero-order valence-corrected chi connectivity index (χ0v) is 7.33. The van der Waals surface area contributed by atoms with Gasteiger partial charge in [-0.2, -0.15) is 0 Å². The van der Waals surface area contributed by atoms with Crippen molar-refractivity contribution in [2.75, 3.05) is 7.11 Å². The molecule has 0 bridgehead atoms. The molecule has 12 heavy (non-hydrogen) atoms. The van der Waals surface area contributed by atoms with Gasteiger partial charge in [-0.05, 0) is 18.6 Å². The first-order valence-electron chi connectivity index (χ1n) is 4.00. The average Bonchev–Trinajstić information content (AvgIpc) is 2.58. The van der Waals surface area contributed by atoms with E-state index >= 15 is 0 Å². The summed E-state index contributed by atoms with van der Waals surface area (Å²) < 4.78 is 4.67. The number of rotatable bonds is 3. The first kappa shape index (κ1) is 8.84. The topological polar surface area (TPSA) is 42.1 Å². The van der Waals surface area contributed by atoms with Gasteiger partial charge in [-0.15, -0.1) is 0 Å². The van der Waals surface area contributed by atoms with Gasteiger partial charge in [0.1, 0.15) is 0 Å². The Bertz CT molecular complexity index is 241. The molecule has 3 heteroatoms. The number of nitrogens with one attached hydrogen (secondary N) is 1. The van der Waals surface area contributed by atoms with Crippen LogP contribution in [-0.2, 0) is 9.53 Å². The Morgan fingerprint density at radius 3 is 2.92 bits per heavy atom. The van der Waals surface area contributed by atoms with Crippen molar-refractivity contribution < 1.29 is 9.53 Å². The summed E-state index contributed by atoms with van der Waals surface area (Å²) in [5, 5.41) is 0. The van der Waals surface area contributed by atoms with Crippen LogP contribution in [0, 0.1) is 0 Å². The van der Waals surface area contributed by atoms with Crippen LogP contribution >= 0.6 is 0 Å². The van der Waals surface area contributed by atoms with E-state index in [0.29, 0.717) is 0 Å². The highest BCUT2D eigenvalue weighted by molar-refractivity contribution is 5.77. The zero-order valence-electron chi connectivity index (χ0n) is 7.33. The van der Waals surface area contributed by atoms with Crippen molar-refractivity contribution in [2.24, 2.45) is 0 Å². The number of ether oxygens (including phenoxy) is 1. The van der Waals surface area contributed by atoms with Gasteiger partial charge in [0.2, 0.25) is 0 Å². The van der Waals surface area contributed by atoms with Gasteiger partial charge in [0.05, 0.1) is 13.0 Å². The molecular formula is C9H13NO2. The van der Waals surface area contributed by atoms with E-state index in [1.54, 1.807) is 6.20 Å². The van der Waals surface area contributed by atoms with E-state index < -0.39 is 0 Å². The van der Waals surface area contributed by atoms with Crippen LogP contribution < -0.4 is 0 Å². The molecule has 1 atom stereocenters. The van der Waals surface area contributed by atoms with Gasteiger partial charge in [-0.1, -0.05) is 6.92 Å². The monoisotopic (exact) mass is 167 g/mol. The number of carbonyl (C=O) groups is 1. The standard InChI is InChI=1S/C9H13NO2/c1-3-7(9(11)12-2)8-5-4-6-10-8/h4-7,10H,3H2,1-2H3. The zero-order chi connectivity index (χ0) is 8.97. The Kier molecular flexibility index (Phi) is 2.91. The third-order valence-electron chi connectivity index (χ3n) is 1.89. The summed E-state index contributed by atoms with van der Waals surface area (Å²) in [4.78, 5) is 14.2. The second-order valence-electron chi connectivity index (χ2n) is 2.61. The molecule has 0 aliphatic heterocycles. The number of aromatic amines is 1. The lowest BCUT2D eigenvalue weighted by atomic mass is 10.0. The third kappa shape index (κ3) is 1.67. The summed E-state index contributed by atoms with van der Waals surface area (Å²) in [6.07, 6.45) is 2.56. The van der Waals surface area contributed by atoms with Crippen molar-refractivity contribution in [2.45, 2.75) is 19.3 Å². The molecule has 1 N–H and O–H groups in total. The summed E-state index contributed by atoms with van der Waals surface area (Å²) >= 11 is 0. The quantitative estimate of drug-likeness (QED) is 0.696. The number of H-pyrrole nitrogens is 1. The van der Waals surface area contributed by atoms with Crippen molar-refractivity contribution in [3.63, 3.8) is 0 Å². The van der Waals surface area contributed by atoms with Crippen LogP contribution in [0.1, 0.15) is 25.0 Å². The molecule has 1 aromatic heterocycles. The smallest absolute Gasteiger partial charge is 0.314 e. The highest BCUT2D eigenvalue weighted by Crippen LogP contribution is 2.18. The lowest BCUT2D eigenvalue weighted by Crippen LogP contribution is -2.13. The Balaban J connectivity index is 2.76. The fourth-order valence-electron chi connectivity index (χ4n) is 1.22. The molecule has 66 valence electrons. The molecule has 0 saturated heterocycles. The molecule has 3 nitrogen and oxygen atoms in total. The molecule has 1 rings (SSSR count). The summed E-state index contributed by atoms with van der Waals surface area (Å²) in [7, 11) is 1.41.